The number of para-hydroxylation sites is 1. The van der Waals surface area contributed by atoms with Crippen LogP contribution in [0.5, 0.6) is 5.75 Å². The fourth-order valence-corrected chi connectivity index (χ4v) is 3.02. The summed E-state index contributed by atoms with van der Waals surface area (Å²) in [6.45, 7) is 7.09. The molecule has 2 heterocycles. The van der Waals surface area contributed by atoms with Gasteiger partial charge in [-0.1, -0.05) is 18.2 Å². The summed E-state index contributed by atoms with van der Waals surface area (Å²) in [6, 6.07) is 7.90. The average molecular weight is 261 g/mol. The molecule has 0 aliphatic carbocycles. The zero-order valence-corrected chi connectivity index (χ0v) is 11.4. The molecule has 0 N–H and O–H groups in total. The van der Waals surface area contributed by atoms with Crippen LogP contribution in [0.25, 0.3) is 0 Å². The Hall–Kier alpha value is -1.39. The van der Waals surface area contributed by atoms with Gasteiger partial charge in [-0.15, -0.1) is 0 Å². The van der Waals surface area contributed by atoms with E-state index < -0.39 is 5.41 Å². The summed E-state index contributed by atoms with van der Waals surface area (Å²) in [4.78, 5) is 14.6. The number of ether oxygens (including phenoxy) is 2. The van der Waals surface area contributed by atoms with Crippen LogP contribution in [0, 0.1) is 5.41 Å². The first-order valence-corrected chi connectivity index (χ1v) is 6.74. The Morgan fingerprint density at radius 1 is 1.21 bits per heavy atom. The number of hydrogen-bond acceptors (Lipinski definition) is 4. The Balaban J connectivity index is 2.04. The lowest BCUT2D eigenvalue weighted by molar-refractivity contribution is -0.152. The van der Waals surface area contributed by atoms with Crippen LogP contribution in [0.1, 0.15) is 25.5 Å². The van der Waals surface area contributed by atoms with E-state index in [-0.39, 0.29) is 12.0 Å². The number of nitrogens with zero attached hydrogens (tertiary/aromatic N) is 1. The van der Waals surface area contributed by atoms with E-state index in [0.717, 1.165) is 31.9 Å². The molecule has 1 atom stereocenters. The highest BCUT2D eigenvalue weighted by Gasteiger charge is 2.47. The zero-order chi connectivity index (χ0) is 13.5. The van der Waals surface area contributed by atoms with Gasteiger partial charge in [-0.3, -0.25) is 9.69 Å². The van der Waals surface area contributed by atoms with Crippen LogP contribution in [0.15, 0.2) is 24.3 Å². The van der Waals surface area contributed by atoms with Crippen molar-refractivity contribution in [1.82, 2.24) is 4.90 Å². The number of morpholine rings is 1. The van der Waals surface area contributed by atoms with Crippen LogP contribution in [0.2, 0.25) is 0 Å². The second-order valence-electron chi connectivity index (χ2n) is 5.70. The Morgan fingerprint density at radius 3 is 2.63 bits per heavy atom. The number of carbonyl (C=O) groups is 1. The smallest absolute Gasteiger partial charge is 0.318 e. The second kappa shape index (κ2) is 4.62. The standard InChI is InChI=1S/C15H19NO3/c1-15(2)13(16-7-9-18-10-8-16)11-5-3-4-6-12(11)19-14(15)17/h3-6,13H,7-10H2,1-2H3. The molecule has 0 spiro atoms. The first-order chi connectivity index (χ1) is 9.10. The SMILES string of the molecule is CC1(C)C(=O)Oc2ccccc2C1N1CCOCC1. The highest BCUT2D eigenvalue weighted by atomic mass is 16.5. The molecule has 102 valence electrons. The van der Waals surface area contributed by atoms with Crippen molar-refractivity contribution in [3.8, 4) is 5.75 Å². The van der Waals surface area contributed by atoms with E-state index in [1.807, 2.05) is 32.0 Å². The molecule has 4 heteroatoms. The van der Waals surface area contributed by atoms with Crippen molar-refractivity contribution in [2.45, 2.75) is 19.9 Å². The van der Waals surface area contributed by atoms with Gasteiger partial charge < -0.3 is 9.47 Å². The number of rotatable bonds is 1. The zero-order valence-electron chi connectivity index (χ0n) is 11.4. The number of hydrogen-bond donors (Lipinski definition) is 0. The van der Waals surface area contributed by atoms with Gasteiger partial charge in [0.1, 0.15) is 5.75 Å². The topological polar surface area (TPSA) is 38.8 Å². The molecular formula is C15H19NO3. The molecule has 0 aromatic heterocycles. The van der Waals surface area contributed by atoms with Crippen LogP contribution >= 0.6 is 0 Å². The summed E-state index contributed by atoms with van der Waals surface area (Å²) in [5, 5.41) is 0. The van der Waals surface area contributed by atoms with Crippen LogP contribution in [-0.2, 0) is 9.53 Å². The summed E-state index contributed by atoms with van der Waals surface area (Å²) in [6.07, 6.45) is 0. The minimum atomic E-state index is -0.536. The average Bonchev–Trinajstić information content (AvgIpc) is 2.41. The Bertz CT molecular complexity index is 492. The first-order valence-electron chi connectivity index (χ1n) is 6.74. The van der Waals surface area contributed by atoms with Gasteiger partial charge in [0.15, 0.2) is 0 Å². The van der Waals surface area contributed by atoms with E-state index in [1.54, 1.807) is 0 Å². The number of fused-ring (bicyclic) bond motifs is 1. The Labute approximate surface area is 113 Å². The summed E-state index contributed by atoms with van der Waals surface area (Å²) < 4.78 is 10.9. The molecule has 2 aliphatic heterocycles. The van der Waals surface area contributed by atoms with Crippen LogP contribution in [0.3, 0.4) is 0 Å². The minimum absolute atomic E-state index is 0.0637. The summed E-state index contributed by atoms with van der Waals surface area (Å²) in [5.41, 5.74) is 0.570. The van der Waals surface area contributed by atoms with Crippen molar-refractivity contribution in [2.24, 2.45) is 5.41 Å². The maximum absolute atomic E-state index is 12.3. The lowest BCUT2D eigenvalue weighted by Crippen LogP contribution is -2.50. The predicted octanol–water partition coefficient (Wildman–Crippen LogP) is 2.01. The van der Waals surface area contributed by atoms with Gasteiger partial charge in [-0.2, -0.15) is 0 Å². The molecule has 1 aromatic carbocycles. The third kappa shape index (κ3) is 2.05. The Kier molecular flexibility index (Phi) is 3.07. The van der Waals surface area contributed by atoms with Crippen LogP contribution in [0.4, 0.5) is 0 Å². The van der Waals surface area contributed by atoms with Gasteiger partial charge in [0.25, 0.3) is 0 Å². The third-order valence-electron chi connectivity index (χ3n) is 4.04. The molecule has 3 rings (SSSR count). The molecule has 0 bridgehead atoms. The van der Waals surface area contributed by atoms with Crippen molar-refractivity contribution in [3.05, 3.63) is 29.8 Å². The lowest BCUT2D eigenvalue weighted by atomic mass is 9.77. The summed E-state index contributed by atoms with van der Waals surface area (Å²) >= 11 is 0. The van der Waals surface area contributed by atoms with Crippen LogP contribution in [-0.4, -0.2) is 37.2 Å². The maximum atomic E-state index is 12.3. The van der Waals surface area contributed by atoms with E-state index >= 15 is 0 Å². The van der Waals surface area contributed by atoms with E-state index in [9.17, 15) is 4.79 Å². The van der Waals surface area contributed by atoms with E-state index in [1.165, 1.54) is 0 Å². The van der Waals surface area contributed by atoms with Crippen molar-refractivity contribution in [1.29, 1.82) is 0 Å². The molecule has 1 aromatic rings. The van der Waals surface area contributed by atoms with E-state index in [0.29, 0.717) is 5.75 Å². The molecule has 0 amide bonds. The maximum Gasteiger partial charge on any atom is 0.318 e. The van der Waals surface area contributed by atoms with E-state index in [2.05, 4.69) is 11.0 Å². The first kappa shape index (κ1) is 12.6. The number of carbonyl (C=O) groups excluding carboxylic acids is 1. The van der Waals surface area contributed by atoms with Crippen molar-refractivity contribution >= 4 is 5.97 Å². The van der Waals surface area contributed by atoms with Gasteiger partial charge in [0, 0.05) is 18.7 Å². The molecule has 1 saturated heterocycles. The highest BCUT2D eigenvalue weighted by molar-refractivity contribution is 5.82. The second-order valence-corrected chi connectivity index (χ2v) is 5.70. The van der Waals surface area contributed by atoms with Crippen molar-refractivity contribution < 1.29 is 14.3 Å². The fourth-order valence-electron chi connectivity index (χ4n) is 3.02. The molecule has 0 radical (unpaired) electrons. The molecular weight excluding hydrogens is 242 g/mol. The molecule has 4 nitrogen and oxygen atoms in total. The van der Waals surface area contributed by atoms with Crippen molar-refractivity contribution in [2.75, 3.05) is 26.3 Å². The molecule has 1 unspecified atom stereocenters. The predicted molar refractivity (Wildman–Crippen MR) is 71.0 cm³/mol. The van der Waals surface area contributed by atoms with Gasteiger partial charge in [0.05, 0.1) is 24.7 Å². The largest absolute Gasteiger partial charge is 0.426 e. The third-order valence-corrected chi connectivity index (χ3v) is 4.04. The van der Waals surface area contributed by atoms with E-state index in [4.69, 9.17) is 9.47 Å². The summed E-state index contributed by atoms with van der Waals surface area (Å²) in [5.74, 6) is 0.547. The van der Waals surface area contributed by atoms with Gasteiger partial charge in [0.2, 0.25) is 0 Å². The molecule has 0 saturated carbocycles. The fraction of sp³-hybridized carbons (Fsp3) is 0.533. The van der Waals surface area contributed by atoms with Crippen molar-refractivity contribution in [3.63, 3.8) is 0 Å². The molecule has 2 aliphatic rings. The lowest BCUT2D eigenvalue weighted by Gasteiger charge is -2.45. The van der Waals surface area contributed by atoms with Gasteiger partial charge in [-0.25, -0.2) is 0 Å². The molecule has 1 fully saturated rings. The minimum Gasteiger partial charge on any atom is -0.426 e. The quantitative estimate of drug-likeness (QED) is 0.572. The Morgan fingerprint density at radius 2 is 1.89 bits per heavy atom. The number of esters is 1. The normalized spacial score (nSPS) is 26.6. The van der Waals surface area contributed by atoms with Crippen LogP contribution < -0.4 is 4.74 Å². The van der Waals surface area contributed by atoms with Gasteiger partial charge in [-0.05, 0) is 19.9 Å². The monoisotopic (exact) mass is 261 g/mol. The number of benzene rings is 1. The van der Waals surface area contributed by atoms with Gasteiger partial charge >= 0.3 is 5.97 Å². The molecule has 19 heavy (non-hydrogen) atoms. The highest BCUT2D eigenvalue weighted by Crippen LogP contribution is 2.46. The summed E-state index contributed by atoms with van der Waals surface area (Å²) in [7, 11) is 0.